The van der Waals surface area contributed by atoms with Crippen LogP contribution in [0.5, 0.6) is 40.2 Å². The van der Waals surface area contributed by atoms with Crippen molar-refractivity contribution in [3.05, 3.63) is 126 Å². The Labute approximate surface area is 278 Å². The zero-order chi connectivity index (χ0) is 35.6. The first kappa shape index (κ1) is 35.2. The fourth-order valence-electron chi connectivity index (χ4n) is 4.21. The van der Waals surface area contributed by atoms with Gasteiger partial charge in [0.1, 0.15) is 40.2 Å². The van der Waals surface area contributed by atoms with Crippen LogP contribution < -0.4 is 18.9 Å². The molecule has 5 aromatic rings. The highest BCUT2D eigenvalue weighted by Gasteiger charge is 2.69. The van der Waals surface area contributed by atoms with Crippen LogP contribution in [0.1, 0.15) is 11.1 Å². The van der Waals surface area contributed by atoms with Crippen LogP contribution in [-0.4, -0.2) is 32.8 Å². The van der Waals surface area contributed by atoms with Gasteiger partial charge in [-0.2, -0.15) is 26.0 Å². The van der Waals surface area contributed by atoms with E-state index in [1.165, 1.54) is 66.7 Å². The Balaban J connectivity index is 1.34. The smallest absolute Gasteiger partial charge is 0.457 e. The molecule has 0 aliphatic carbocycles. The lowest BCUT2D eigenvalue weighted by Crippen LogP contribution is -2.50. The van der Waals surface area contributed by atoms with Crippen molar-refractivity contribution in [2.24, 2.45) is 0 Å². The van der Waals surface area contributed by atoms with E-state index in [4.69, 9.17) is 18.8 Å². The van der Waals surface area contributed by atoms with Gasteiger partial charge in [-0.15, -0.1) is 0 Å². The van der Waals surface area contributed by atoms with E-state index in [2.05, 4.69) is 4.74 Å². The second-order valence-corrected chi connectivity index (χ2v) is 14.0. The van der Waals surface area contributed by atoms with Crippen LogP contribution >= 0.6 is 0 Å². The second-order valence-electron chi connectivity index (χ2n) is 10.6. The largest absolute Gasteiger partial charge is 0.483 e. The summed E-state index contributed by atoms with van der Waals surface area (Å²) >= 11 is 0. The summed E-state index contributed by atoms with van der Waals surface area (Å²) in [5, 5.41) is -5.99. The molecule has 0 amide bonds. The van der Waals surface area contributed by atoms with Gasteiger partial charge in [0, 0.05) is 18.2 Å². The first-order valence-corrected chi connectivity index (χ1v) is 17.0. The van der Waals surface area contributed by atoms with Gasteiger partial charge in [-0.1, -0.05) is 35.4 Å². The molecule has 49 heavy (non-hydrogen) atoms. The Hall–Kier alpha value is -5.12. The molecule has 0 heterocycles. The molecule has 256 valence electrons. The van der Waals surface area contributed by atoms with Crippen molar-refractivity contribution in [3.8, 4) is 40.2 Å². The summed E-state index contributed by atoms with van der Waals surface area (Å²) in [6, 6.07) is 27.4. The molecule has 5 rings (SSSR count). The first-order chi connectivity index (χ1) is 22.9. The number of sulfone groups is 1. The molecule has 9 nitrogen and oxygen atoms in total. The monoisotopic (exact) mass is 718 g/mol. The topological polar surface area (TPSA) is 125 Å². The average molecular weight is 719 g/mol. The Morgan fingerprint density at radius 2 is 0.796 bits per heavy atom. The molecular formula is C34H26F4O9S2. The lowest BCUT2D eigenvalue weighted by molar-refractivity contribution is -0.274. The summed E-state index contributed by atoms with van der Waals surface area (Å²) in [5.74, 6) is -0.400. The zero-order valence-electron chi connectivity index (χ0n) is 25.5. The van der Waals surface area contributed by atoms with Gasteiger partial charge in [0.25, 0.3) is 0 Å². The van der Waals surface area contributed by atoms with Crippen LogP contribution in [0.4, 0.5) is 17.6 Å². The molecule has 0 bridgehead atoms. The quantitative estimate of drug-likeness (QED) is 0.0994. The number of aryl methyl sites for hydroxylation is 2. The first-order valence-electron chi connectivity index (χ1n) is 14.1. The maximum Gasteiger partial charge on any atom is 0.483 e. The van der Waals surface area contributed by atoms with E-state index in [0.29, 0.717) is 11.5 Å². The summed E-state index contributed by atoms with van der Waals surface area (Å²) in [4.78, 5) is 0.224. The minimum atomic E-state index is -6.56. The van der Waals surface area contributed by atoms with Crippen molar-refractivity contribution in [3.63, 3.8) is 0 Å². The van der Waals surface area contributed by atoms with Crippen molar-refractivity contribution < 1.29 is 57.9 Å². The van der Waals surface area contributed by atoms with E-state index in [1.54, 1.807) is 36.4 Å². The van der Waals surface area contributed by atoms with Crippen LogP contribution in [0.2, 0.25) is 0 Å². The Morgan fingerprint density at radius 3 is 1.20 bits per heavy atom. The molecule has 15 heteroatoms. The minimum Gasteiger partial charge on any atom is -0.457 e. The fraction of sp³-hybridized carbons (Fsp3) is 0.118. The highest BCUT2D eigenvalue weighted by molar-refractivity contribution is 7.91. The number of rotatable bonds is 12. The lowest BCUT2D eigenvalue weighted by Gasteiger charge is -2.24. The molecule has 0 aromatic heterocycles. The maximum absolute atomic E-state index is 14.3. The van der Waals surface area contributed by atoms with Crippen LogP contribution in [0.25, 0.3) is 0 Å². The van der Waals surface area contributed by atoms with Crippen LogP contribution in [-0.2, 0) is 20.0 Å². The summed E-state index contributed by atoms with van der Waals surface area (Å²) in [6.45, 7) is 3.66. The summed E-state index contributed by atoms with van der Waals surface area (Å²) in [7, 11) is -10.3. The summed E-state index contributed by atoms with van der Waals surface area (Å²) < 4.78 is 134. The van der Waals surface area contributed by atoms with Crippen LogP contribution in [0.3, 0.4) is 0 Å². The minimum absolute atomic E-state index is 0.0730. The Bertz CT molecular complexity index is 2160. The van der Waals surface area contributed by atoms with E-state index in [9.17, 15) is 34.4 Å². The number of halogens is 4. The fourth-order valence-corrected chi connectivity index (χ4v) is 5.81. The van der Waals surface area contributed by atoms with Crippen molar-refractivity contribution in [1.29, 1.82) is 0 Å². The van der Waals surface area contributed by atoms with Crippen LogP contribution in [0.15, 0.2) is 125 Å². The summed E-state index contributed by atoms with van der Waals surface area (Å²) in [6.07, 6.45) is -5.69. The van der Waals surface area contributed by atoms with Gasteiger partial charge in [-0.3, -0.25) is 4.55 Å². The second kappa shape index (κ2) is 13.4. The van der Waals surface area contributed by atoms with Gasteiger partial charge in [-0.25, -0.2) is 8.42 Å². The number of ether oxygens (including phenoxy) is 4. The van der Waals surface area contributed by atoms with Crippen molar-refractivity contribution in [1.82, 2.24) is 0 Å². The van der Waals surface area contributed by atoms with Gasteiger partial charge in [-0.05, 0) is 86.6 Å². The zero-order valence-corrected chi connectivity index (χ0v) is 27.1. The SMILES string of the molecule is Cc1ccc(Oc2cc(Oc3ccc(Oc4ccc(S(=O)(=O)c5ccc(C)cc5)cc4)cc3)cc(OC(F)(F)C(F)(F)S(=O)(=O)O)c2)cc1. The number of hydrogen-bond donors (Lipinski definition) is 1. The van der Waals surface area contributed by atoms with E-state index < -0.39 is 37.1 Å². The van der Waals surface area contributed by atoms with E-state index in [1.807, 2.05) is 13.8 Å². The van der Waals surface area contributed by atoms with Gasteiger partial charge < -0.3 is 18.9 Å². The molecule has 0 saturated carbocycles. The Kier molecular flexibility index (Phi) is 9.63. The predicted molar refractivity (Wildman–Crippen MR) is 169 cm³/mol. The third-order valence-corrected chi connectivity index (χ3v) is 9.45. The van der Waals surface area contributed by atoms with Crippen molar-refractivity contribution in [2.45, 2.75) is 35.0 Å². The Morgan fingerprint density at radius 1 is 0.490 bits per heavy atom. The molecule has 0 aliphatic rings. The van der Waals surface area contributed by atoms with Gasteiger partial charge in [0.2, 0.25) is 9.84 Å². The van der Waals surface area contributed by atoms with Crippen molar-refractivity contribution in [2.75, 3.05) is 0 Å². The third kappa shape index (κ3) is 8.13. The normalized spacial score (nSPS) is 12.3. The van der Waals surface area contributed by atoms with E-state index in [-0.39, 0.29) is 32.8 Å². The van der Waals surface area contributed by atoms with Crippen molar-refractivity contribution >= 4 is 20.0 Å². The van der Waals surface area contributed by atoms with Crippen LogP contribution in [0, 0.1) is 13.8 Å². The maximum atomic E-state index is 14.3. The molecule has 0 saturated heterocycles. The molecule has 0 fully saturated rings. The van der Waals surface area contributed by atoms with E-state index in [0.717, 1.165) is 23.3 Å². The predicted octanol–water partition coefficient (Wildman–Crippen LogP) is 8.97. The average Bonchev–Trinajstić information content (AvgIpc) is 3.03. The third-order valence-electron chi connectivity index (χ3n) is 6.78. The molecule has 0 atom stereocenters. The summed E-state index contributed by atoms with van der Waals surface area (Å²) in [5.41, 5.74) is 1.81. The molecule has 0 aliphatic heterocycles. The molecule has 0 spiro atoms. The highest BCUT2D eigenvalue weighted by atomic mass is 32.2. The molecule has 5 aromatic carbocycles. The van der Waals surface area contributed by atoms with Gasteiger partial charge in [0.05, 0.1) is 9.79 Å². The molecule has 0 unspecified atom stereocenters. The standard InChI is InChI=1S/C34H26F4O9S2/c1-22-3-7-24(8-4-22)45-28-19-29(21-30(20-28)47-33(35,36)34(37,38)49(41,42)43)46-26-11-9-25(10-12-26)44-27-13-17-32(18-14-27)48(39,40)31-15-5-23(2)6-16-31/h3-21H,1-2H3,(H,41,42,43). The number of benzene rings is 5. The highest BCUT2D eigenvalue weighted by Crippen LogP contribution is 2.42. The lowest BCUT2D eigenvalue weighted by atomic mass is 10.2. The molecule has 1 N–H and O–H groups in total. The van der Waals surface area contributed by atoms with Gasteiger partial charge >= 0.3 is 21.5 Å². The van der Waals surface area contributed by atoms with Gasteiger partial charge in [0.15, 0.2) is 0 Å². The number of alkyl halides is 4. The number of hydrogen-bond acceptors (Lipinski definition) is 8. The van der Waals surface area contributed by atoms with E-state index >= 15 is 0 Å². The molecular weight excluding hydrogens is 692 g/mol. The molecule has 0 radical (unpaired) electrons.